The zero-order valence-electron chi connectivity index (χ0n) is 13.0. The van der Waals surface area contributed by atoms with E-state index in [-0.39, 0.29) is 0 Å². The predicted octanol–water partition coefficient (Wildman–Crippen LogP) is 3.01. The molecule has 112 valence electrons. The van der Waals surface area contributed by atoms with Gasteiger partial charge in [0, 0.05) is 30.4 Å². The molecule has 1 aromatic carbocycles. The molecule has 4 rings (SSSR count). The molecule has 0 amide bonds. The molecule has 3 heterocycles. The molecule has 2 aromatic heterocycles. The van der Waals surface area contributed by atoms with E-state index in [2.05, 4.69) is 40.0 Å². The van der Waals surface area contributed by atoms with Crippen LogP contribution >= 0.6 is 0 Å². The Balaban J connectivity index is 1.90. The first kappa shape index (κ1) is 13.2. The highest BCUT2D eigenvalue weighted by molar-refractivity contribution is 5.62. The second-order valence-electron chi connectivity index (χ2n) is 5.91. The highest BCUT2D eigenvalue weighted by atomic mass is 15.4. The summed E-state index contributed by atoms with van der Waals surface area (Å²) in [5.41, 5.74) is 3.23. The van der Waals surface area contributed by atoms with E-state index >= 15 is 0 Å². The summed E-state index contributed by atoms with van der Waals surface area (Å²) < 4.78 is 1.89. The van der Waals surface area contributed by atoms with Crippen molar-refractivity contribution in [2.75, 3.05) is 18.0 Å². The minimum Gasteiger partial charge on any atom is -0.356 e. The first-order valence-corrected chi connectivity index (χ1v) is 7.78. The van der Waals surface area contributed by atoms with Gasteiger partial charge in [-0.3, -0.25) is 0 Å². The van der Waals surface area contributed by atoms with Gasteiger partial charge in [-0.2, -0.15) is 9.50 Å². The van der Waals surface area contributed by atoms with Crippen molar-refractivity contribution >= 4 is 11.6 Å². The number of anilines is 1. The van der Waals surface area contributed by atoms with Crippen LogP contribution in [0.5, 0.6) is 0 Å². The van der Waals surface area contributed by atoms with E-state index in [1.165, 1.54) is 18.4 Å². The molecule has 1 fully saturated rings. The van der Waals surface area contributed by atoms with E-state index in [1.807, 2.05) is 23.6 Å². The molecule has 1 aliphatic rings. The largest absolute Gasteiger partial charge is 0.356 e. The Morgan fingerprint density at radius 3 is 2.55 bits per heavy atom. The molecule has 0 aliphatic carbocycles. The summed E-state index contributed by atoms with van der Waals surface area (Å²) in [6, 6.07) is 10.3. The molecule has 0 atom stereocenters. The maximum Gasteiger partial charge on any atom is 0.254 e. The van der Waals surface area contributed by atoms with Crippen LogP contribution in [0.3, 0.4) is 0 Å². The van der Waals surface area contributed by atoms with Gasteiger partial charge in [0.2, 0.25) is 0 Å². The second-order valence-corrected chi connectivity index (χ2v) is 5.91. The fourth-order valence-electron chi connectivity index (χ4n) is 3.08. The van der Waals surface area contributed by atoms with Gasteiger partial charge in [-0.05, 0) is 32.3 Å². The summed E-state index contributed by atoms with van der Waals surface area (Å²) in [7, 11) is 0. The van der Waals surface area contributed by atoms with Gasteiger partial charge >= 0.3 is 0 Å². The number of hydrogen-bond donors (Lipinski definition) is 0. The Bertz CT molecular complexity index is 830. The summed E-state index contributed by atoms with van der Waals surface area (Å²) >= 11 is 0. The van der Waals surface area contributed by atoms with Gasteiger partial charge in [0.05, 0.1) is 0 Å². The molecule has 0 N–H and O–H groups in total. The third-order valence-electron chi connectivity index (χ3n) is 4.24. The molecule has 1 aliphatic heterocycles. The van der Waals surface area contributed by atoms with Crippen molar-refractivity contribution < 1.29 is 0 Å². The molecule has 0 radical (unpaired) electrons. The lowest BCUT2D eigenvalue weighted by atomic mass is 10.1. The third kappa shape index (κ3) is 2.13. The van der Waals surface area contributed by atoms with Crippen molar-refractivity contribution in [3.05, 3.63) is 41.6 Å². The van der Waals surface area contributed by atoms with E-state index in [0.29, 0.717) is 5.78 Å². The van der Waals surface area contributed by atoms with Crippen molar-refractivity contribution in [2.45, 2.75) is 26.7 Å². The van der Waals surface area contributed by atoms with Crippen molar-refractivity contribution in [3.8, 4) is 11.4 Å². The van der Waals surface area contributed by atoms with E-state index in [1.54, 1.807) is 0 Å². The summed E-state index contributed by atoms with van der Waals surface area (Å²) in [4.78, 5) is 11.6. The molecule has 0 saturated carbocycles. The second kappa shape index (κ2) is 5.09. The smallest absolute Gasteiger partial charge is 0.254 e. The topological polar surface area (TPSA) is 46.3 Å². The van der Waals surface area contributed by atoms with Crippen LogP contribution in [0.4, 0.5) is 5.82 Å². The Morgan fingerprint density at radius 2 is 1.77 bits per heavy atom. The van der Waals surface area contributed by atoms with Crippen LogP contribution in [0.25, 0.3) is 17.2 Å². The number of rotatable bonds is 2. The van der Waals surface area contributed by atoms with Gasteiger partial charge in [0.1, 0.15) is 5.82 Å². The molecule has 0 unspecified atom stereocenters. The van der Waals surface area contributed by atoms with Crippen LogP contribution in [0, 0.1) is 13.8 Å². The minimum absolute atomic E-state index is 0.681. The molecule has 3 aromatic rings. The zero-order valence-corrected chi connectivity index (χ0v) is 13.0. The quantitative estimate of drug-likeness (QED) is 0.728. The first-order valence-electron chi connectivity index (χ1n) is 7.78. The first-order chi connectivity index (χ1) is 10.7. The van der Waals surface area contributed by atoms with Crippen molar-refractivity contribution in [3.63, 3.8) is 0 Å². The average molecular weight is 293 g/mol. The van der Waals surface area contributed by atoms with Gasteiger partial charge in [-0.1, -0.05) is 24.3 Å². The molecule has 5 nitrogen and oxygen atoms in total. The van der Waals surface area contributed by atoms with Gasteiger partial charge in [0.15, 0.2) is 5.82 Å². The van der Waals surface area contributed by atoms with Crippen LogP contribution < -0.4 is 4.90 Å². The summed E-state index contributed by atoms with van der Waals surface area (Å²) in [6.07, 6.45) is 2.48. The van der Waals surface area contributed by atoms with E-state index in [4.69, 9.17) is 5.10 Å². The fraction of sp³-hybridized carbons (Fsp3) is 0.353. The SMILES string of the molecule is Cc1cc(N2CCCC2)n2nc(-c3ccccc3C)nc2n1. The zero-order chi connectivity index (χ0) is 15.1. The summed E-state index contributed by atoms with van der Waals surface area (Å²) in [5.74, 6) is 2.53. The van der Waals surface area contributed by atoms with Crippen LogP contribution in [0.1, 0.15) is 24.1 Å². The number of benzene rings is 1. The number of aryl methyl sites for hydroxylation is 2. The van der Waals surface area contributed by atoms with Crippen LogP contribution in [0.2, 0.25) is 0 Å². The van der Waals surface area contributed by atoms with Gasteiger partial charge in [-0.25, -0.2) is 4.98 Å². The van der Waals surface area contributed by atoms with Crippen LogP contribution in [0.15, 0.2) is 30.3 Å². The van der Waals surface area contributed by atoms with Crippen molar-refractivity contribution in [2.24, 2.45) is 0 Å². The summed E-state index contributed by atoms with van der Waals surface area (Å²) in [5, 5.41) is 4.73. The average Bonchev–Trinajstić information content (AvgIpc) is 3.15. The Kier molecular flexibility index (Phi) is 3.06. The van der Waals surface area contributed by atoms with Gasteiger partial charge in [0.25, 0.3) is 5.78 Å². The number of nitrogens with zero attached hydrogens (tertiary/aromatic N) is 5. The highest BCUT2D eigenvalue weighted by Crippen LogP contribution is 2.24. The lowest BCUT2D eigenvalue weighted by Crippen LogP contribution is -2.21. The highest BCUT2D eigenvalue weighted by Gasteiger charge is 2.19. The Morgan fingerprint density at radius 1 is 1.00 bits per heavy atom. The van der Waals surface area contributed by atoms with Crippen molar-refractivity contribution in [1.82, 2.24) is 19.6 Å². The number of aromatic nitrogens is 4. The van der Waals surface area contributed by atoms with Crippen LogP contribution in [-0.2, 0) is 0 Å². The standard InChI is InChI=1S/C17H19N5/c1-12-7-3-4-8-14(12)16-19-17-18-13(2)11-15(22(17)20-16)21-9-5-6-10-21/h3-4,7-8,11H,5-6,9-10H2,1-2H3. The minimum atomic E-state index is 0.681. The van der Waals surface area contributed by atoms with Crippen molar-refractivity contribution in [1.29, 1.82) is 0 Å². The predicted molar refractivity (Wildman–Crippen MR) is 87.1 cm³/mol. The van der Waals surface area contributed by atoms with E-state index in [9.17, 15) is 0 Å². The third-order valence-corrected chi connectivity index (χ3v) is 4.24. The lowest BCUT2D eigenvalue weighted by molar-refractivity contribution is 0.846. The molecule has 22 heavy (non-hydrogen) atoms. The molecule has 1 saturated heterocycles. The Labute approximate surface area is 129 Å². The molecular weight excluding hydrogens is 274 g/mol. The van der Waals surface area contributed by atoms with E-state index in [0.717, 1.165) is 36.0 Å². The molecule has 5 heteroatoms. The lowest BCUT2D eigenvalue weighted by Gasteiger charge is -2.18. The van der Waals surface area contributed by atoms with Crippen LogP contribution in [-0.4, -0.2) is 32.7 Å². The van der Waals surface area contributed by atoms with E-state index < -0.39 is 0 Å². The maximum absolute atomic E-state index is 4.73. The Hall–Kier alpha value is -2.43. The van der Waals surface area contributed by atoms with Gasteiger partial charge in [-0.15, -0.1) is 5.10 Å². The number of fused-ring (bicyclic) bond motifs is 1. The number of hydrogen-bond acceptors (Lipinski definition) is 4. The molecule has 0 bridgehead atoms. The van der Waals surface area contributed by atoms with Gasteiger partial charge < -0.3 is 4.90 Å². The molecular formula is C17H19N5. The monoisotopic (exact) mass is 293 g/mol. The summed E-state index contributed by atoms with van der Waals surface area (Å²) in [6.45, 7) is 6.26. The maximum atomic E-state index is 4.73. The normalized spacial score (nSPS) is 14.9. The fourth-order valence-corrected chi connectivity index (χ4v) is 3.08. The molecule has 0 spiro atoms.